The van der Waals surface area contributed by atoms with Crippen LogP contribution >= 0.6 is 0 Å². The molecule has 0 aromatic heterocycles. The molecule has 2 N–H and O–H groups in total. The van der Waals surface area contributed by atoms with E-state index in [1.807, 2.05) is 0 Å². The topological polar surface area (TPSA) is 60.2 Å². The molecule has 0 saturated carbocycles. The van der Waals surface area contributed by atoms with Crippen molar-refractivity contribution in [3.05, 3.63) is 29.8 Å². The Morgan fingerprint density at radius 2 is 1.94 bits per heavy atom. The molecule has 16 heavy (non-hydrogen) atoms. The van der Waals surface area contributed by atoms with Crippen molar-refractivity contribution in [1.29, 1.82) is 0 Å². The lowest BCUT2D eigenvalue weighted by atomic mass is 9.96. The fourth-order valence-electron chi connectivity index (χ4n) is 2.02. The molecule has 3 nitrogen and oxygen atoms in total. The number of hydrogen-bond donors (Lipinski definition) is 1. The average molecular weight is 243 g/mol. The van der Waals surface area contributed by atoms with Crippen LogP contribution in [0.3, 0.4) is 0 Å². The summed E-state index contributed by atoms with van der Waals surface area (Å²) >= 11 is 0. The Hall–Kier alpha value is -1.10. The summed E-state index contributed by atoms with van der Waals surface area (Å²) in [5.41, 5.74) is 5.33. The van der Waals surface area contributed by atoms with Gasteiger partial charge < -0.3 is 5.73 Å². The molecule has 0 amide bonds. The van der Waals surface area contributed by atoms with Crippen molar-refractivity contribution in [1.82, 2.24) is 0 Å². The van der Waals surface area contributed by atoms with Crippen LogP contribution in [0, 0.1) is 0 Å². The van der Waals surface area contributed by atoms with E-state index in [-0.39, 0.29) is 24.3 Å². The van der Waals surface area contributed by atoms with Gasteiger partial charge >= 0.3 is 0 Å². The van der Waals surface area contributed by atoms with Gasteiger partial charge in [-0.05, 0) is 24.1 Å². The Bertz CT molecular complexity index is 483. The minimum atomic E-state index is -3.18. The Kier molecular flexibility index (Phi) is 2.66. The van der Waals surface area contributed by atoms with Crippen molar-refractivity contribution >= 4 is 15.5 Å². The van der Waals surface area contributed by atoms with Crippen LogP contribution in [0.15, 0.2) is 24.3 Å². The normalized spacial score (nSPS) is 28.1. The van der Waals surface area contributed by atoms with Crippen LogP contribution < -0.4 is 5.73 Å². The Labute approximate surface area is 94.4 Å². The molecule has 1 aromatic carbocycles. The fourth-order valence-corrected chi connectivity index (χ4v) is 3.87. The molecule has 2 rings (SSSR count). The number of nitrogen functional groups attached to an aromatic ring is 1. The van der Waals surface area contributed by atoms with Crippen LogP contribution in [0.1, 0.15) is 12.0 Å². The van der Waals surface area contributed by atoms with E-state index in [0.717, 1.165) is 5.56 Å². The van der Waals surface area contributed by atoms with Crippen LogP contribution in [0.2, 0.25) is 0 Å². The third-order valence-corrected chi connectivity index (χ3v) is 4.62. The van der Waals surface area contributed by atoms with E-state index in [1.165, 1.54) is 0 Å². The quantitative estimate of drug-likeness (QED) is 0.797. The van der Waals surface area contributed by atoms with Crippen molar-refractivity contribution in [2.45, 2.75) is 18.5 Å². The van der Waals surface area contributed by atoms with Crippen LogP contribution in [0.5, 0.6) is 0 Å². The lowest BCUT2D eigenvalue weighted by Gasteiger charge is -2.17. The molecule has 1 heterocycles. The maximum atomic E-state index is 14.2. The smallest absolute Gasteiger partial charge is 0.153 e. The van der Waals surface area contributed by atoms with E-state index in [0.29, 0.717) is 5.69 Å². The van der Waals surface area contributed by atoms with E-state index < -0.39 is 15.5 Å². The zero-order valence-corrected chi connectivity index (χ0v) is 9.63. The summed E-state index contributed by atoms with van der Waals surface area (Å²) in [6, 6.07) is 6.87. The highest BCUT2D eigenvalue weighted by Gasteiger charge is 2.42. The Balaban J connectivity index is 2.13. The molecule has 1 atom stereocenters. The van der Waals surface area contributed by atoms with Crippen molar-refractivity contribution in [3.8, 4) is 0 Å². The zero-order chi connectivity index (χ0) is 11.8. The van der Waals surface area contributed by atoms with Gasteiger partial charge in [0, 0.05) is 12.1 Å². The third-order valence-electron chi connectivity index (χ3n) is 2.84. The Morgan fingerprint density at radius 3 is 2.44 bits per heavy atom. The molecule has 1 aliphatic rings. The first-order valence-electron chi connectivity index (χ1n) is 5.12. The number of hydrogen-bond acceptors (Lipinski definition) is 3. The largest absolute Gasteiger partial charge is 0.399 e. The van der Waals surface area contributed by atoms with E-state index in [2.05, 4.69) is 0 Å². The van der Waals surface area contributed by atoms with Gasteiger partial charge in [0.2, 0.25) is 0 Å². The van der Waals surface area contributed by atoms with Crippen LogP contribution in [0.4, 0.5) is 10.1 Å². The van der Waals surface area contributed by atoms with Gasteiger partial charge in [0.05, 0.1) is 11.5 Å². The highest BCUT2D eigenvalue weighted by Crippen LogP contribution is 2.31. The van der Waals surface area contributed by atoms with Crippen molar-refractivity contribution in [2.24, 2.45) is 0 Å². The van der Waals surface area contributed by atoms with Gasteiger partial charge in [-0.25, -0.2) is 12.8 Å². The van der Waals surface area contributed by atoms with E-state index in [4.69, 9.17) is 5.73 Å². The van der Waals surface area contributed by atoms with Gasteiger partial charge in [0.15, 0.2) is 9.84 Å². The summed E-state index contributed by atoms with van der Waals surface area (Å²) < 4.78 is 36.6. The predicted molar refractivity (Wildman–Crippen MR) is 61.7 cm³/mol. The van der Waals surface area contributed by atoms with Crippen molar-refractivity contribution in [2.75, 3.05) is 17.2 Å². The molecular formula is C11H14FNO2S. The zero-order valence-electron chi connectivity index (χ0n) is 8.82. The molecule has 0 aliphatic carbocycles. The number of sulfone groups is 1. The van der Waals surface area contributed by atoms with E-state index in [1.54, 1.807) is 24.3 Å². The second-order valence-electron chi connectivity index (χ2n) is 4.41. The summed E-state index contributed by atoms with van der Waals surface area (Å²) in [6.07, 6.45) is 0.242. The third kappa shape index (κ3) is 2.52. The highest BCUT2D eigenvalue weighted by atomic mass is 32.2. The van der Waals surface area contributed by atoms with Crippen LogP contribution in [-0.4, -0.2) is 25.6 Å². The molecule has 5 heteroatoms. The first-order chi connectivity index (χ1) is 7.39. The van der Waals surface area contributed by atoms with Crippen molar-refractivity contribution in [3.63, 3.8) is 0 Å². The van der Waals surface area contributed by atoms with Crippen LogP contribution in [0.25, 0.3) is 0 Å². The molecule has 0 radical (unpaired) electrons. The number of halogens is 1. The molecule has 1 aliphatic heterocycles. The van der Waals surface area contributed by atoms with E-state index in [9.17, 15) is 12.8 Å². The summed E-state index contributed by atoms with van der Waals surface area (Å²) in [5, 5.41) is 0. The molecule has 0 spiro atoms. The van der Waals surface area contributed by atoms with Gasteiger partial charge in [0.1, 0.15) is 5.67 Å². The number of rotatable bonds is 2. The summed E-state index contributed by atoms with van der Waals surface area (Å²) in [4.78, 5) is 0. The second-order valence-corrected chi connectivity index (χ2v) is 6.60. The number of benzene rings is 1. The molecule has 1 saturated heterocycles. The monoisotopic (exact) mass is 243 g/mol. The van der Waals surface area contributed by atoms with Crippen LogP contribution in [-0.2, 0) is 16.3 Å². The van der Waals surface area contributed by atoms with Gasteiger partial charge in [-0.1, -0.05) is 12.1 Å². The first kappa shape index (κ1) is 11.4. The first-order valence-corrected chi connectivity index (χ1v) is 6.95. The maximum absolute atomic E-state index is 14.2. The Morgan fingerprint density at radius 1 is 1.31 bits per heavy atom. The lowest BCUT2D eigenvalue weighted by Crippen LogP contribution is -2.27. The predicted octanol–water partition coefficient (Wildman–Crippen LogP) is 1.34. The molecule has 88 valence electrons. The minimum Gasteiger partial charge on any atom is -0.399 e. The van der Waals surface area contributed by atoms with E-state index >= 15 is 0 Å². The van der Waals surface area contributed by atoms with Gasteiger partial charge in [0.25, 0.3) is 0 Å². The molecule has 0 bridgehead atoms. The second kappa shape index (κ2) is 3.73. The number of alkyl halides is 1. The standard InChI is InChI=1S/C11H14FNO2S/c12-11(5-6-16(14,15)8-11)7-9-1-3-10(13)4-2-9/h1-4H,5-8,13H2. The summed E-state index contributed by atoms with van der Waals surface area (Å²) in [6.45, 7) is 0. The molecule has 1 aromatic rings. The van der Waals surface area contributed by atoms with Gasteiger partial charge in [-0.15, -0.1) is 0 Å². The SMILES string of the molecule is Nc1ccc(CC2(F)CCS(=O)(=O)C2)cc1. The molecule has 1 fully saturated rings. The van der Waals surface area contributed by atoms with Crippen molar-refractivity contribution < 1.29 is 12.8 Å². The molecular weight excluding hydrogens is 229 g/mol. The summed E-state index contributed by atoms with van der Waals surface area (Å²) in [5.74, 6) is -0.400. The van der Waals surface area contributed by atoms with Gasteiger partial charge in [-0.2, -0.15) is 0 Å². The maximum Gasteiger partial charge on any atom is 0.153 e. The fraction of sp³-hybridized carbons (Fsp3) is 0.455. The lowest BCUT2D eigenvalue weighted by molar-refractivity contribution is 0.198. The number of nitrogens with two attached hydrogens (primary N) is 1. The highest BCUT2D eigenvalue weighted by molar-refractivity contribution is 7.91. The van der Waals surface area contributed by atoms with Gasteiger partial charge in [-0.3, -0.25) is 0 Å². The minimum absolute atomic E-state index is 0.0432. The number of anilines is 1. The summed E-state index contributed by atoms with van der Waals surface area (Å²) in [7, 11) is -3.18. The molecule has 1 unspecified atom stereocenters. The average Bonchev–Trinajstić information content (AvgIpc) is 2.45.